The van der Waals surface area contributed by atoms with Crippen molar-refractivity contribution in [2.75, 3.05) is 0 Å². The summed E-state index contributed by atoms with van der Waals surface area (Å²) in [5.41, 5.74) is 0.333. The van der Waals surface area contributed by atoms with E-state index in [1.807, 2.05) is 6.92 Å². The van der Waals surface area contributed by atoms with Crippen LogP contribution in [0.2, 0.25) is 0 Å². The number of alkyl halides is 3. The first-order valence-electron chi connectivity index (χ1n) is 4.66. The third kappa shape index (κ3) is 2.61. The van der Waals surface area contributed by atoms with Crippen molar-refractivity contribution in [3.8, 4) is 0 Å². The van der Waals surface area contributed by atoms with E-state index in [2.05, 4.69) is 6.58 Å². The summed E-state index contributed by atoms with van der Waals surface area (Å²) in [5.74, 6) is -0.0632. The molecule has 1 aromatic carbocycles. The molecular formula is C12H13F3. The summed E-state index contributed by atoms with van der Waals surface area (Å²) in [6, 6.07) is 4.40. The molecule has 0 nitrogen and oxygen atoms in total. The molecule has 15 heavy (non-hydrogen) atoms. The topological polar surface area (TPSA) is 0 Å². The Bertz CT molecular complexity index is 364. The monoisotopic (exact) mass is 214 g/mol. The molecule has 0 spiro atoms. The molecule has 1 unspecified atom stereocenters. The normalized spacial score (nSPS) is 13.7. The van der Waals surface area contributed by atoms with E-state index in [1.54, 1.807) is 12.1 Å². The van der Waals surface area contributed by atoms with E-state index in [0.717, 1.165) is 0 Å². The van der Waals surface area contributed by atoms with Gasteiger partial charge in [0, 0.05) is 0 Å². The quantitative estimate of drug-likeness (QED) is 0.644. The number of hydrogen-bond donors (Lipinski definition) is 0. The summed E-state index contributed by atoms with van der Waals surface area (Å²) in [4.78, 5) is 0. The van der Waals surface area contributed by atoms with Gasteiger partial charge in [-0.15, -0.1) is 6.58 Å². The molecule has 1 rings (SSSR count). The average Bonchev–Trinajstić information content (AvgIpc) is 2.15. The van der Waals surface area contributed by atoms with Crippen molar-refractivity contribution in [3.05, 3.63) is 47.5 Å². The van der Waals surface area contributed by atoms with Crippen LogP contribution in [0.5, 0.6) is 0 Å². The van der Waals surface area contributed by atoms with Gasteiger partial charge in [-0.3, -0.25) is 0 Å². The molecule has 0 amide bonds. The van der Waals surface area contributed by atoms with Gasteiger partial charge in [0.1, 0.15) is 0 Å². The molecule has 0 aliphatic carbocycles. The molecule has 0 N–H and O–H groups in total. The third-order valence-electron chi connectivity index (χ3n) is 2.45. The molecule has 0 bridgehead atoms. The Kier molecular flexibility index (Phi) is 3.22. The zero-order chi connectivity index (χ0) is 11.6. The Hall–Kier alpha value is -1.25. The molecule has 1 atom stereocenters. The summed E-state index contributed by atoms with van der Waals surface area (Å²) in [6.07, 6.45) is -2.65. The van der Waals surface area contributed by atoms with Crippen molar-refractivity contribution in [1.29, 1.82) is 0 Å². The number of halogens is 3. The van der Waals surface area contributed by atoms with E-state index in [1.165, 1.54) is 19.1 Å². The SMILES string of the molecule is C=CC(C)c1ccc(C)c(C(F)(F)F)c1. The minimum absolute atomic E-state index is 0.0632. The van der Waals surface area contributed by atoms with Gasteiger partial charge < -0.3 is 0 Å². The lowest BCUT2D eigenvalue weighted by atomic mass is 9.96. The highest BCUT2D eigenvalue weighted by Crippen LogP contribution is 2.33. The summed E-state index contributed by atoms with van der Waals surface area (Å²) < 4.78 is 37.7. The van der Waals surface area contributed by atoms with E-state index in [-0.39, 0.29) is 11.5 Å². The average molecular weight is 214 g/mol. The number of rotatable bonds is 2. The molecule has 0 saturated carbocycles. The number of aryl methyl sites for hydroxylation is 1. The van der Waals surface area contributed by atoms with Crippen LogP contribution in [0.3, 0.4) is 0 Å². The highest BCUT2D eigenvalue weighted by atomic mass is 19.4. The predicted octanol–water partition coefficient (Wildman–Crippen LogP) is 4.30. The Labute approximate surface area is 87.4 Å². The van der Waals surface area contributed by atoms with E-state index in [9.17, 15) is 13.2 Å². The fraction of sp³-hybridized carbons (Fsp3) is 0.333. The highest BCUT2D eigenvalue weighted by molar-refractivity contribution is 5.35. The standard InChI is InChI=1S/C12H13F3/c1-4-8(2)10-6-5-9(3)11(7-10)12(13,14)15/h4-8H,1H2,2-3H3. The maximum atomic E-state index is 12.6. The lowest BCUT2D eigenvalue weighted by Gasteiger charge is -2.13. The fourth-order valence-electron chi connectivity index (χ4n) is 1.36. The van der Waals surface area contributed by atoms with E-state index >= 15 is 0 Å². The van der Waals surface area contributed by atoms with Gasteiger partial charge in [0.2, 0.25) is 0 Å². The molecule has 0 aliphatic heterocycles. The van der Waals surface area contributed by atoms with Gasteiger partial charge in [-0.25, -0.2) is 0 Å². The van der Waals surface area contributed by atoms with Crippen LogP contribution in [0, 0.1) is 6.92 Å². The summed E-state index contributed by atoms with van der Waals surface area (Å²) in [5, 5.41) is 0. The minimum Gasteiger partial charge on any atom is -0.166 e. The second-order valence-corrected chi connectivity index (χ2v) is 3.60. The first-order chi connectivity index (χ1) is 6.86. The molecule has 0 radical (unpaired) electrons. The molecule has 82 valence electrons. The van der Waals surface area contributed by atoms with Crippen LogP contribution in [0.15, 0.2) is 30.9 Å². The Morgan fingerprint density at radius 2 is 1.93 bits per heavy atom. The molecule has 1 aromatic rings. The third-order valence-corrected chi connectivity index (χ3v) is 2.45. The van der Waals surface area contributed by atoms with Gasteiger partial charge in [0.05, 0.1) is 5.56 Å². The Balaban J connectivity index is 3.22. The summed E-state index contributed by atoms with van der Waals surface area (Å²) in [7, 11) is 0. The van der Waals surface area contributed by atoms with E-state index < -0.39 is 11.7 Å². The van der Waals surface area contributed by atoms with Crippen LogP contribution in [0.4, 0.5) is 13.2 Å². The van der Waals surface area contributed by atoms with Crippen molar-refractivity contribution in [3.63, 3.8) is 0 Å². The van der Waals surface area contributed by atoms with Crippen molar-refractivity contribution < 1.29 is 13.2 Å². The Morgan fingerprint density at radius 1 is 1.33 bits per heavy atom. The van der Waals surface area contributed by atoms with Gasteiger partial charge in [-0.2, -0.15) is 13.2 Å². The summed E-state index contributed by atoms with van der Waals surface area (Å²) >= 11 is 0. The van der Waals surface area contributed by atoms with Gasteiger partial charge >= 0.3 is 6.18 Å². The van der Waals surface area contributed by atoms with Crippen LogP contribution >= 0.6 is 0 Å². The second kappa shape index (κ2) is 4.09. The van der Waals surface area contributed by atoms with Gasteiger partial charge in [-0.05, 0) is 30.0 Å². The lowest BCUT2D eigenvalue weighted by Crippen LogP contribution is -2.08. The van der Waals surface area contributed by atoms with E-state index in [0.29, 0.717) is 5.56 Å². The lowest BCUT2D eigenvalue weighted by molar-refractivity contribution is -0.138. The number of allylic oxidation sites excluding steroid dienone is 1. The molecule has 3 heteroatoms. The van der Waals surface area contributed by atoms with Gasteiger partial charge in [0.15, 0.2) is 0 Å². The van der Waals surface area contributed by atoms with Crippen LogP contribution in [-0.2, 0) is 6.18 Å². The second-order valence-electron chi connectivity index (χ2n) is 3.60. The molecule has 0 heterocycles. The van der Waals surface area contributed by atoms with Crippen LogP contribution < -0.4 is 0 Å². The molecule has 0 aliphatic rings. The smallest absolute Gasteiger partial charge is 0.166 e. The number of benzene rings is 1. The Morgan fingerprint density at radius 3 is 2.40 bits per heavy atom. The van der Waals surface area contributed by atoms with Crippen molar-refractivity contribution in [2.24, 2.45) is 0 Å². The molecular weight excluding hydrogens is 201 g/mol. The zero-order valence-electron chi connectivity index (χ0n) is 8.73. The van der Waals surface area contributed by atoms with Crippen molar-refractivity contribution in [1.82, 2.24) is 0 Å². The fourth-order valence-corrected chi connectivity index (χ4v) is 1.36. The largest absolute Gasteiger partial charge is 0.416 e. The van der Waals surface area contributed by atoms with Crippen LogP contribution in [0.25, 0.3) is 0 Å². The zero-order valence-corrected chi connectivity index (χ0v) is 8.73. The maximum Gasteiger partial charge on any atom is 0.416 e. The first kappa shape index (κ1) is 11.8. The maximum absolute atomic E-state index is 12.6. The minimum atomic E-state index is -4.28. The molecule has 0 fully saturated rings. The molecule has 0 saturated heterocycles. The highest BCUT2D eigenvalue weighted by Gasteiger charge is 2.32. The van der Waals surface area contributed by atoms with Crippen molar-refractivity contribution in [2.45, 2.75) is 25.9 Å². The van der Waals surface area contributed by atoms with E-state index in [4.69, 9.17) is 0 Å². The molecule has 0 aromatic heterocycles. The summed E-state index contributed by atoms with van der Waals surface area (Å²) in [6.45, 7) is 6.85. The van der Waals surface area contributed by atoms with Crippen LogP contribution in [-0.4, -0.2) is 0 Å². The predicted molar refractivity (Wildman–Crippen MR) is 54.8 cm³/mol. The first-order valence-corrected chi connectivity index (χ1v) is 4.66. The van der Waals surface area contributed by atoms with Crippen molar-refractivity contribution >= 4 is 0 Å². The van der Waals surface area contributed by atoms with Gasteiger partial charge in [0.25, 0.3) is 0 Å². The number of hydrogen-bond acceptors (Lipinski definition) is 0. The van der Waals surface area contributed by atoms with Gasteiger partial charge in [-0.1, -0.05) is 25.1 Å². The van der Waals surface area contributed by atoms with Crippen LogP contribution in [0.1, 0.15) is 29.5 Å².